The molecule has 0 unspecified atom stereocenters. The molecule has 20 heavy (non-hydrogen) atoms. The van der Waals surface area contributed by atoms with Crippen molar-refractivity contribution in [3.8, 4) is 5.88 Å². The first-order valence-electron chi connectivity index (χ1n) is 5.62. The van der Waals surface area contributed by atoms with Crippen molar-refractivity contribution >= 4 is 21.6 Å². The van der Waals surface area contributed by atoms with Gasteiger partial charge in [0.15, 0.2) is 0 Å². The first kappa shape index (κ1) is 14.7. The van der Waals surface area contributed by atoms with Gasteiger partial charge in [-0.15, -0.1) is 0 Å². The molecule has 0 spiro atoms. The number of hydrogen-bond acceptors (Lipinski definition) is 5. The molecule has 0 saturated carbocycles. The molecule has 0 radical (unpaired) electrons. The second-order valence-electron chi connectivity index (χ2n) is 3.83. The van der Waals surface area contributed by atoms with E-state index in [0.717, 1.165) is 0 Å². The summed E-state index contributed by atoms with van der Waals surface area (Å²) in [5.41, 5.74) is 0.703. The van der Waals surface area contributed by atoms with Crippen LogP contribution in [0.4, 0.5) is 0 Å². The molecular formula is C12H12ClN3O3S. The second-order valence-corrected chi connectivity index (χ2v) is 5.92. The van der Waals surface area contributed by atoms with Gasteiger partial charge in [0.05, 0.1) is 7.11 Å². The third-order valence-electron chi connectivity index (χ3n) is 2.49. The molecule has 6 nitrogen and oxygen atoms in total. The third-order valence-corrected chi connectivity index (χ3v) is 4.33. The van der Waals surface area contributed by atoms with Crippen LogP contribution in [0.3, 0.4) is 0 Å². The van der Waals surface area contributed by atoms with Crippen molar-refractivity contribution in [3.63, 3.8) is 0 Å². The van der Waals surface area contributed by atoms with Crippen molar-refractivity contribution in [1.82, 2.24) is 14.7 Å². The van der Waals surface area contributed by atoms with Gasteiger partial charge >= 0.3 is 0 Å². The summed E-state index contributed by atoms with van der Waals surface area (Å²) in [6.45, 7) is 0.102. The van der Waals surface area contributed by atoms with E-state index >= 15 is 0 Å². The molecule has 0 fully saturated rings. The number of sulfonamides is 1. The first-order valence-corrected chi connectivity index (χ1v) is 7.48. The molecule has 0 aliphatic rings. The molecule has 106 valence electrons. The molecule has 8 heteroatoms. The maximum absolute atomic E-state index is 12.1. The Balaban J connectivity index is 2.11. The van der Waals surface area contributed by atoms with Crippen LogP contribution in [0.5, 0.6) is 5.88 Å². The molecule has 0 saturated heterocycles. The number of nitrogens with zero attached hydrogens (tertiary/aromatic N) is 2. The van der Waals surface area contributed by atoms with Gasteiger partial charge in [0, 0.05) is 25.0 Å². The Labute approximate surface area is 121 Å². The zero-order valence-electron chi connectivity index (χ0n) is 10.6. The van der Waals surface area contributed by atoms with Crippen molar-refractivity contribution < 1.29 is 13.2 Å². The lowest BCUT2D eigenvalue weighted by Gasteiger charge is -2.07. The van der Waals surface area contributed by atoms with Gasteiger partial charge in [-0.1, -0.05) is 17.7 Å². The summed E-state index contributed by atoms with van der Waals surface area (Å²) < 4.78 is 31.5. The van der Waals surface area contributed by atoms with Crippen LogP contribution in [0.2, 0.25) is 5.15 Å². The highest BCUT2D eigenvalue weighted by Gasteiger charge is 2.17. The fourth-order valence-electron chi connectivity index (χ4n) is 1.46. The molecule has 1 N–H and O–H groups in total. The van der Waals surface area contributed by atoms with Crippen LogP contribution in [-0.4, -0.2) is 25.5 Å². The van der Waals surface area contributed by atoms with E-state index in [4.69, 9.17) is 16.3 Å². The minimum absolute atomic E-state index is 0.0527. The van der Waals surface area contributed by atoms with Crippen LogP contribution in [0.25, 0.3) is 0 Å². The van der Waals surface area contributed by atoms with Gasteiger partial charge < -0.3 is 4.74 Å². The number of methoxy groups -OCH3 is 1. The normalized spacial score (nSPS) is 11.3. The van der Waals surface area contributed by atoms with Crippen molar-refractivity contribution in [2.45, 2.75) is 11.4 Å². The molecule has 0 aromatic carbocycles. The molecule has 0 atom stereocenters. The SMILES string of the molecule is COc1ccc(CNS(=O)(=O)c2cccnc2Cl)cn1. The first-order chi connectivity index (χ1) is 9.53. The maximum Gasteiger partial charge on any atom is 0.243 e. The molecule has 2 rings (SSSR count). The number of nitrogens with one attached hydrogen (secondary N) is 1. The van der Waals surface area contributed by atoms with Gasteiger partial charge in [0.25, 0.3) is 0 Å². The minimum atomic E-state index is -3.71. The zero-order valence-corrected chi connectivity index (χ0v) is 12.1. The summed E-state index contributed by atoms with van der Waals surface area (Å²) in [6.07, 6.45) is 2.96. The van der Waals surface area contributed by atoms with E-state index < -0.39 is 10.0 Å². The quantitative estimate of drug-likeness (QED) is 0.848. The van der Waals surface area contributed by atoms with E-state index in [-0.39, 0.29) is 16.6 Å². The molecule has 0 amide bonds. The van der Waals surface area contributed by atoms with Crippen molar-refractivity contribution in [3.05, 3.63) is 47.4 Å². The van der Waals surface area contributed by atoms with E-state index in [1.54, 1.807) is 12.1 Å². The Morgan fingerprint density at radius 3 is 2.70 bits per heavy atom. The van der Waals surface area contributed by atoms with Crippen LogP contribution in [0.15, 0.2) is 41.6 Å². The minimum Gasteiger partial charge on any atom is -0.481 e. The zero-order chi connectivity index (χ0) is 14.6. The number of aromatic nitrogens is 2. The highest BCUT2D eigenvalue weighted by atomic mass is 35.5. The Hall–Kier alpha value is -1.70. The number of rotatable bonds is 5. The monoisotopic (exact) mass is 313 g/mol. The predicted molar refractivity (Wildman–Crippen MR) is 74.1 cm³/mol. The van der Waals surface area contributed by atoms with Gasteiger partial charge in [0.1, 0.15) is 10.0 Å². The molecule has 0 aliphatic heterocycles. The van der Waals surface area contributed by atoms with Gasteiger partial charge in [-0.05, 0) is 17.7 Å². The smallest absolute Gasteiger partial charge is 0.243 e. The van der Waals surface area contributed by atoms with E-state index in [9.17, 15) is 8.42 Å². The lowest BCUT2D eigenvalue weighted by atomic mass is 10.3. The fraction of sp³-hybridized carbons (Fsp3) is 0.167. The lowest BCUT2D eigenvalue weighted by molar-refractivity contribution is 0.397. The molecule has 0 bridgehead atoms. The molecule has 2 aromatic heterocycles. The van der Waals surface area contributed by atoms with Gasteiger partial charge in [-0.3, -0.25) is 0 Å². The van der Waals surface area contributed by atoms with E-state index in [2.05, 4.69) is 14.7 Å². The maximum atomic E-state index is 12.1. The van der Waals surface area contributed by atoms with E-state index in [1.165, 1.54) is 31.6 Å². The van der Waals surface area contributed by atoms with E-state index in [1.807, 2.05) is 0 Å². The Morgan fingerprint density at radius 2 is 2.10 bits per heavy atom. The molecular weight excluding hydrogens is 302 g/mol. The second kappa shape index (κ2) is 6.17. The molecule has 2 heterocycles. The van der Waals surface area contributed by atoms with Crippen LogP contribution in [0.1, 0.15) is 5.56 Å². The highest BCUT2D eigenvalue weighted by Crippen LogP contribution is 2.17. The van der Waals surface area contributed by atoms with Crippen molar-refractivity contribution in [2.75, 3.05) is 7.11 Å². The third kappa shape index (κ3) is 3.44. The lowest BCUT2D eigenvalue weighted by Crippen LogP contribution is -2.23. The van der Waals surface area contributed by atoms with Gasteiger partial charge in [0.2, 0.25) is 15.9 Å². The summed E-state index contributed by atoms with van der Waals surface area (Å²) in [6, 6.07) is 6.28. The summed E-state index contributed by atoms with van der Waals surface area (Å²) >= 11 is 5.77. The van der Waals surface area contributed by atoms with Crippen LogP contribution < -0.4 is 9.46 Å². The number of ether oxygens (including phenoxy) is 1. The summed E-state index contributed by atoms with van der Waals surface area (Å²) in [5, 5.41) is -0.0622. The van der Waals surface area contributed by atoms with Gasteiger partial charge in [-0.2, -0.15) is 0 Å². The van der Waals surface area contributed by atoms with Gasteiger partial charge in [-0.25, -0.2) is 23.1 Å². The Kier molecular flexibility index (Phi) is 4.53. The summed E-state index contributed by atoms with van der Waals surface area (Å²) in [4.78, 5) is 7.68. The van der Waals surface area contributed by atoms with Crippen molar-refractivity contribution in [2.24, 2.45) is 0 Å². The molecule has 2 aromatic rings. The molecule has 0 aliphatic carbocycles. The largest absolute Gasteiger partial charge is 0.481 e. The van der Waals surface area contributed by atoms with Crippen LogP contribution >= 0.6 is 11.6 Å². The summed E-state index contributed by atoms with van der Waals surface area (Å²) in [5.74, 6) is 0.465. The number of halogens is 1. The van der Waals surface area contributed by atoms with Crippen LogP contribution in [0, 0.1) is 0 Å². The van der Waals surface area contributed by atoms with Crippen LogP contribution in [-0.2, 0) is 16.6 Å². The van der Waals surface area contributed by atoms with E-state index in [0.29, 0.717) is 11.4 Å². The fourth-order valence-corrected chi connectivity index (χ4v) is 2.93. The topological polar surface area (TPSA) is 81.2 Å². The van der Waals surface area contributed by atoms with Crippen molar-refractivity contribution in [1.29, 1.82) is 0 Å². The Bertz CT molecular complexity index is 689. The average Bonchev–Trinajstić information content (AvgIpc) is 2.46. The number of pyridine rings is 2. The highest BCUT2D eigenvalue weighted by molar-refractivity contribution is 7.89. The predicted octanol–water partition coefficient (Wildman–Crippen LogP) is 1.62. The summed E-state index contributed by atoms with van der Waals surface area (Å²) in [7, 11) is -2.20. The Morgan fingerprint density at radius 1 is 1.30 bits per heavy atom. The average molecular weight is 314 g/mol. The standard InChI is InChI=1S/C12H12ClN3O3S/c1-19-11-5-4-9(7-15-11)8-16-20(17,18)10-3-2-6-14-12(10)13/h2-7,16H,8H2,1H3. The number of hydrogen-bond donors (Lipinski definition) is 1.